The van der Waals surface area contributed by atoms with Crippen LogP contribution in [-0.2, 0) is 11.2 Å². The number of nitrogens with one attached hydrogen (secondary N) is 1. The van der Waals surface area contributed by atoms with Crippen LogP contribution in [0.3, 0.4) is 0 Å². The molecule has 1 amide bonds. The van der Waals surface area contributed by atoms with Crippen LogP contribution >= 0.6 is 0 Å². The van der Waals surface area contributed by atoms with Crippen LogP contribution in [0.4, 0.5) is 11.4 Å². The van der Waals surface area contributed by atoms with Crippen molar-refractivity contribution in [2.45, 2.75) is 19.8 Å². The zero-order valence-electron chi connectivity index (χ0n) is 12.9. The summed E-state index contributed by atoms with van der Waals surface area (Å²) in [5.74, 6) is -0.197. The largest absolute Gasteiger partial charge is 0.336 e. The van der Waals surface area contributed by atoms with Crippen molar-refractivity contribution in [2.24, 2.45) is 0 Å². The van der Waals surface area contributed by atoms with Crippen LogP contribution in [0, 0.1) is 17.0 Å². The lowest BCUT2D eigenvalue weighted by Crippen LogP contribution is -2.12. The summed E-state index contributed by atoms with van der Waals surface area (Å²) in [5.41, 5.74) is 2.43. The predicted molar refractivity (Wildman–Crippen MR) is 86.6 cm³/mol. The molecule has 0 fully saturated rings. The lowest BCUT2D eigenvalue weighted by molar-refractivity contribution is -0.384. The molecule has 0 aliphatic rings. The first-order valence-electron chi connectivity index (χ1n) is 7.28. The highest BCUT2D eigenvalue weighted by Crippen LogP contribution is 2.20. The van der Waals surface area contributed by atoms with Crippen molar-refractivity contribution in [3.05, 3.63) is 57.9 Å². The van der Waals surface area contributed by atoms with E-state index in [2.05, 4.69) is 15.5 Å². The topological polar surface area (TPSA) is 111 Å². The van der Waals surface area contributed by atoms with Crippen LogP contribution in [0.25, 0.3) is 11.1 Å². The first kappa shape index (κ1) is 15.6. The number of aromatic nitrogens is 2. The summed E-state index contributed by atoms with van der Waals surface area (Å²) in [4.78, 5) is 26.4. The number of carbonyl (C=O) groups is 1. The van der Waals surface area contributed by atoms with E-state index in [-0.39, 0.29) is 18.0 Å². The number of rotatable bonds is 5. The van der Waals surface area contributed by atoms with Crippen molar-refractivity contribution in [3.63, 3.8) is 0 Å². The van der Waals surface area contributed by atoms with Gasteiger partial charge >= 0.3 is 0 Å². The fraction of sp³-hybridized carbons (Fsp3) is 0.188. The Balaban J connectivity index is 1.63. The molecule has 0 bridgehead atoms. The van der Waals surface area contributed by atoms with Crippen molar-refractivity contribution in [1.29, 1.82) is 0 Å². The number of carbonyl (C=O) groups excluding carboxylic acids is 1. The summed E-state index contributed by atoms with van der Waals surface area (Å²) >= 11 is 0. The molecule has 3 rings (SSSR count). The number of nitrogens with zero attached hydrogens (tertiary/aromatic N) is 3. The molecule has 0 aliphatic carbocycles. The number of hydrogen-bond donors (Lipinski definition) is 1. The van der Waals surface area contributed by atoms with Crippen LogP contribution in [0.1, 0.15) is 17.7 Å². The van der Waals surface area contributed by atoms with E-state index in [4.69, 9.17) is 4.52 Å². The van der Waals surface area contributed by atoms with Gasteiger partial charge in [-0.15, -0.1) is 0 Å². The minimum Gasteiger partial charge on any atom is -0.336 e. The zero-order chi connectivity index (χ0) is 17.1. The maximum atomic E-state index is 12.1. The molecular weight excluding hydrogens is 312 g/mol. The van der Waals surface area contributed by atoms with Crippen LogP contribution < -0.4 is 5.32 Å². The Morgan fingerprint density at radius 1 is 1.38 bits per heavy atom. The first-order valence-corrected chi connectivity index (χ1v) is 7.28. The van der Waals surface area contributed by atoms with Gasteiger partial charge in [0, 0.05) is 18.6 Å². The second kappa shape index (κ2) is 6.45. The van der Waals surface area contributed by atoms with Gasteiger partial charge < -0.3 is 9.84 Å². The molecule has 0 aliphatic heterocycles. The van der Waals surface area contributed by atoms with E-state index >= 15 is 0 Å². The Morgan fingerprint density at radius 2 is 2.21 bits per heavy atom. The molecule has 1 aromatic carbocycles. The number of pyridine rings is 1. The van der Waals surface area contributed by atoms with Gasteiger partial charge in [-0.3, -0.25) is 14.9 Å². The van der Waals surface area contributed by atoms with Crippen LogP contribution in [-0.4, -0.2) is 21.0 Å². The molecule has 8 nitrogen and oxygen atoms in total. The average molecular weight is 326 g/mol. The van der Waals surface area contributed by atoms with Gasteiger partial charge in [-0.25, -0.2) is 4.98 Å². The standard InChI is InChI=1S/C16H14N4O4/c1-10-14-8-12(9-17-16(14)24-19-10)18-15(21)6-5-11-3-2-4-13(7-11)20(22)23/h2-4,7-9H,5-6H2,1H3,(H,18,21). The normalized spacial score (nSPS) is 10.7. The molecule has 0 saturated carbocycles. The third-order valence-corrected chi connectivity index (χ3v) is 3.56. The average Bonchev–Trinajstić information content (AvgIpc) is 2.94. The summed E-state index contributed by atoms with van der Waals surface area (Å²) in [6.07, 6.45) is 2.12. The highest BCUT2D eigenvalue weighted by atomic mass is 16.6. The number of nitro groups is 1. The molecule has 1 N–H and O–H groups in total. The molecule has 0 atom stereocenters. The Bertz CT molecular complexity index is 919. The van der Waals surface area contributed by atoms with Gasteiger partial charge in [0.15, 0.2) is 0 Å². The maximum Gasteiger partial charge on any atom is 0.269 e. The molecule has 0 spiro atoms. The molecule has 8 heteroatoms. The summed E-state index contributed by atoms with van der Waals surface area (Å²) in [5, 5.41) is 18.1. The van der Waals surface area contributed by atoms with Gasteiger partial charge in [0.05, 0.1) is 27.9 Å². The highest BCUT2D eigenvalue weighted by Gasteiger charge is 2.10. The molecular formula is C16H14N4O4. The van der Waals surface area contributed by atoms with E-state index in [1.165, 1.54) is 18.3 Å². The molecule has 0 unspecified atom stereocenters. The monoisotopic (exact) mass is 326 g/mol. The summed E-state index contributed by atoms with van der Waals surface area (Å²) < 4.78 is 5.02. The molecule has 0 radical (unpaired) electrons. The van der Waals surface area contributed by atoms with E-state index < -0.39 is 4.92 Å². The number of non-ortho nitro benzene ring substituents is 1. The number of benzene rings is 1. The SMILES string of the molecule is Cc1noc2ncc(NC(=O)CCc3cccc([N+](=O)[O-])c3)cc12. The van der Waals surface area contributed by atoms with E-state index in [9.17, 15) is 14.9 Å². The minimum absolute atomic E-state index is 0.0190. The maximum absolute atomic E-state index is 12.1. The van der Waals surface area contributed by atoms with Crippen molar-refractivity contribution in [1.82, 2.24) is 10.1 Å². The quantitative estimate of drug-likeness (QED) is 0.570. The number of aryl methyl sites for hydroxylation is 2. The molecule has 2 aromatic heterocycles. The lowest BCUT2D eigenvalue weighted by atomic mass is 10.1. The third-order valence-electron chi connectivity index (χ3n) is 3.56. The van der Waals surface area contributed by atoms with Gasteiger partial charge in [-0.05, 0) is 25.0 Å². The predicted octanol–water partition coefficient (Wildman–Crippen LogP) is 3.01. The number of anilines is 1. The molecule has 24 heavy (non-hydrogen) atoms. The fourth-order valence-corrected chi connectivity index (χ4v) is 2.32. The van der Waals surface area contributed by atoms with E-state index in [0.717, 1.165) is 10.9 Å². The zero-order valence-corrected chi connectivity index (χ0v) is 12.9. The molecule has 3 aromatic rings. The second-order valence-corrected chi connectivity index (χ2v) is 5.32. The molecule has 0 saturated heterocycles. The van der Waals surface area contributed by atoms with Gasteiger partial charge in [0.2, 0.25) is 5.91 Å². The van der Waals surface area contributed by atoms with Gasteiger partial charge in [0.1, 0.15) is 0 Å². The van der Waals surface area contributed by atoms with Crippen molar-refractivity contribution >= 4 is 28.4 Å². The number of fused-ring (bicyclic) bond motifs is 1. The Morgan fingerprint density at radius 3 is 3.00 bits per heavy atom. The van der Waals surface area contributed by atoms with Crippen molar-refractivity contribution in [3.8, 4) is 0 Å². The summed E-state index contributed by atoms with van der Waals surface area (Å²) in [6.45, 7) is 1.79. The lowest BCUT2D eigenvalue weighted by Gasteiger charge is -2.05. The van der Waals surface area contributed by atoms with E-state index in [0.29, 0.717) is 23.5 Å². The van der Waals surface area contributed by atoms with E-state index in [1.54, 1.807) is 25.1 Å². The molecule has 122 valence electrons. The van der Waals surface area contributed by atoms with Gasteiger partial charge in [-0.2, -0.15) is 0 Å². The third kappa shape index (κ3) is 3.37. The van der Waals surface area contributed by atoms with Crippen LogP contribution in [0.5, 0.6) is 0 Å². The number of amides is 1. The van der Waals surface area contributed by atoms with E-state index in [1.807, 2.05) is 0 Å². The van der Waals surface area contributed by atoms with Crippen LogP contribution in [0.15, 0.2) is 41.1 Å². The second-order valence-electron chi connectivity index (χ2n) is 5.32. The summed E-state index contributed by atoms with van der Waals surface area (Å²) in [7, 11) is 0. The molecule has 2 heterocycles. The highest BCUT2D eigenvalue weighted by molar-refractivity contribution is 5.92. The van der Waals surface area contributed by atoms with Crippen molar-refractivity contribution in [2.75, 3.05) is 5.32 Å². The smallest absolute Gasteiger partial charge is 0.269 e. The van der Waals surface area contributed by atoms with Crippen molar-refractivity contribution < 1.29 is 14.2 Å². The number of nitro benzene ring substituents is 1. The Hall–Kier alpha value is -3.29. The van der Waals surface area contributed by atoms with Gasteiger partial charge in [0.25, 0.3) is 11.4 Å². The first-order chi connectivity index (χ1) is 11.5. The Kier molecular flexibility index (Phi) is 4.19. The number of hydrogen-bond acceptors (Lipinski definition) is 6. The van der Waals surface area contributed by atoms with Gasteiger partial charge in [-0.1, -0.05) is 17.3 Å². The van der Waals surface area contributed by atoms with Crippen LogP contribution in [0.2, 0.25) is 0 Å². The minimum atomic E-state index is -0.453. The summed E-state index contributed by atoms with van der Waals surface area (Å²) in [6, 6.07) is 8.01. The Labute approximate surface area is 136 Å². The fourth-order valence-electron chi connectivity index (χ4n) is 2.32.